The number of nitrogens with one attached hydrogen (secondary N) is 1. The van der Waals surface area contributed by atoms with E-state index in [0.717, 1.165) is 22.8 Å². The number of fused-ring (bicyclic) bond motifs is 1. The predicted molar refractivity (Wildman–Crippen MR) is 108 cm³/mol. The fourth-order valence-corrected chi connectivity index (χ4v) is 3.38. The number of amides is 2. The van der Waals surface area contributed by atoms with Crippen LogP contribution < -0.4 is 15.0 Å². The van der Waals surface area contributed by atoms with Crippen LogP contribution in [0.15, 0.2) is 30.6 Å². The molecular weight excluding hydrogens is 372 g/mol. The summed E-state index contributed by atoms with van der Waals surface area (Å²) in [5.74, 6) is 1.57. The van der Waals surface area contributed by atoms with Gasteiger partial charge in [-0.3, -0.25) is 0 Å². The van der Waals surface area contributed by atoms with Crippen molar-refractivity contribution in [1.29, 1.82) is 0 Å². The molecule has 3 heterocycles. The van der Waals surface area contributed by atoms with Gasteiger partial charge in [0.05, 0.1) is 7.11 Å². The Bertz CT molecular complexity index is 980. The Morgan fingerprint density at radius 1 is 1.14 bits per heavy atom. The van der Waals surface area contributed by atoms with Crippen LogP contribution in [-0.2, 0) is 13.1 Å². The molecular formula is C19H24N8O2. The van der Waals surface area contributed by atoms with Gasteiger partial charge in [0, 0.05) is 39.3 Å². The molecule has 10 nitrogen and oxygen atoms in total. The Balaban J connectivity index is 1.34. The maximum Gasteiger partial charge on any atom is 0.317 e. The van der Waals surface area contributed by atoms with Gasteiger partial charge in [-0.2, -0.15) is 0 Å². The van der Waals surface area contributed by atoms with Crippen molar-refractivity contribution in [1.82, 2.24) is 35.2 Å². The van der Waals surface area contributed by atoms with Crippen molar-refractivity contribution in [3.05, 3.63) is 36.2 Å². The highest BCUT2D eigenvalue weighted by Crippen LogP contribution is 2.21. The topological polar surface area (TPSA) is 101 Å². The lowest BCUT2D eigenvalue weighted by Crippen LogP contribution is -2.52. The summed E-state index contributed by atoms with van der Waals surface area (Å²) < 4.78 is 6.91. The Hall–Kier alpha value is -3.43. The molecule has 0 saturated carbocycles. The minimum atomic E-state index is -0.0646. The van der Waals surface area contributed by atoms with Gasteiger partial charge in [-0.1, -0.05) is 17.3 Å². The average molecular weight is 396 g/mol. The number of carbonyl (C=O) groups excluding carboxylic acids is 1. The molecule has 0 unspecified atom stereocenters. The number of aryl methyl sites for hydroxylation is 1. The van der Waals surface area contributed by atoms with E-state index in [1.165, 1.54) is 0 Å². The van der Waals surface area contributed by atoms with Crippen molar-refractivity contribution in [2.45, 2.75) is 20.0 Å². The number of piperazine rings is 1. The van der Waals surface area contributed by atoms with Crippen molar-refractivity contribution >= 4 is 23.0 Å². The molecule has 0 radical (unpaired) electrons. The Morgan fingerprint density at radius 3 is 2.59 bits per heavy atom. The van der Waals surface area contributed by atoms with Crippen LogP contribution in [-0.4, -0.2) is 69.2 Å². The van der Waals surface area contributed by atoms with Crippen LogP contribution in [0.1, 0.15) is 12.5 Å². The first-order valence-electron chi connectivity index (χ1n) is 9.64. The van der Waals surface area contributed by atoms with Crippen LogP contribution in [0.5, 0.6) is 5.75 Å². The van der Waals surface area contributed by atoms with Gasteiger partial charge in [0.15, 0.2) is 17.0 Å². The van der Waals surface area contributed by atoms with Gasteiger partial charge in [0.2, 0.25) is 0 Å². The number of anilines is 1. The monoisotopic (exact) mass is 396 g/mol. The molecule has 4 rings (SSSR count). The summed E-state index contributed by atoms with van der Waals surface area (Å²) >= 11 is 0. The molecule has 29 heavy (non-hydrogen) atoms. The third kappa shape index (κ3) is 3.91. The first kappa shape index (κ1) is 18.9. The van der Waals surface area contributed by atoms with Gasteiger partial charge in [-0.25, -0.2) is 19.4 Å². The van der Waals surface area contributed by atoms with Crippen LogP contribution in [0, 0.1) is 0 Å². The third-order valence-electron chi connectivity index (χ3n) is 5.05. The van der Waals surface area contributed by atoms with Crippen LogP contribution in [0.2, 0.25) is 0 Å². The number of nitrogens with zero attached hydrogens (tertiary/aromatic N) is 7. The van der Waals surface area contributed by atoms with E-state index in [2.05, 4.69) is 30.5 Å². The molecule has 1 N–H and O–H groups in total. The lowest BCUT2D eigenvalue weighted by Gasteiger charge is -2.35. The molecule has 3 aromatic rings. The fourth-order valence-electron chi connectivity index (χ4n) is 3.38. The molecule has 1 aliphatic heterocycles. The smallest absolute Gasteiger partial charge is 0.317 e. The summed E-state index contributed by atoms with van der Waals surface area (Å²) in [6, 6.07) is 7.60. The minimum absolute atomic E-state index is 0.0646. The number of hydrogen-bond acceptors (Lipinski definition) is 7. The number of aromatic nitrogens is 5. The van der Waals surface area contributed by atoms with Gasteiger partial charge in [-0.05, 0) is 24.6 Å². The summed E-state index contributed by atoms with van der Waals surface area (Å²) in [5, 5.41) is 11.3. The lowest BCUT2D eigenvalue weighted by atomic mass is 10.2. The second kappa shape index (κ2) is 8.29. The molecule has 0 aliphatic carbocycles. The highest BCUT2D eigenvalue weighted by atomic mass is 16.5. The van der Waals surface area contributed by atoms with Crippen LogP contribution in [0.4, 0.5) is 10.6 Å². The average Bonchev–Trinajstić information content (AvgIpc) is 3.21. The van der Waals surface area contributed by atoms with E-state index in [9.17, 15) is 4.79 Å². The third-order valence-corrected chi connectivity index (χ3v) is 5.05. The second-order valence-electron chi connectivity index (χ2n) is 6.76. The molecule has 1 fully saturated rings. The zero-order valence-electron chi connectivity index (χ0n) is 16.6. The number of hydrogen-bond donors (Lipinski definition) is 1. The number of ether oxygens (including phenoxy) is 1. The molecule has 0 atom stereocenters. The van der Waals surface area contributed by atoms with Crippen molar-refractivity contribution in [2.75, 3.05) is 38.2 Å². The van der Waals surface area contributed by atoms with Crippen LogP contribution in [0.25, 0.3) is 11.2 Å². The number of benzene rings is 1. The molecule has 1 aromatic carbocycles. The molecule has 2 amide bonds. The van der Waals surface area contributed by atoms with Gasteiger partial charge >= 0.3 is 6.03 Å². The zero-order chi connectivity index (χ0) is 20.2. The van der Waals surface area contributed by atoms with Crippen molar-refractivity contribution in [2.24, 2.45) is 0 Å². The van der Waals surface area contributed by atoms with E-state index < -0.39 is 0 Å². The molecule has 0 bridgehead atoms. The first-order chi connectivity index (χ1) is 14.2. The quantitative estimate of drug-likeness (QED) is 0.693. The van der Waals surface area contributed by atoms with E-state index in [4.69, 9.17) is 4.74 Å². The second-order valence-corrected chi connectivity index (χ2v) is 6.76. The number of rotatable bonds is 5. The van der Waals surface area contributed by atoms with Gasteiger partial charge in [0.25, 0.3) is 0 Å². The van der Waals surface area contributed by atoms with Crippen molar-refractivity contribution < 1.29 is 9.53 Å². The highest BCUT2D eigenvalue weighted by Gasteiger charge is 2.24. The van der Waals surface area contributed by atoms with E-state index in [1.54, 1.807) is 18.1 Å². The molecule has 0 spiro atoms. The van der Waals surface area contributed by atoms with E-state index >= 15 is 0 Å². The summed E-state index contributed by atoms with van der Waals surface area (Å²) in [5.41, 5.74) is 2.46. The zero-order valence-corrected chi connectivity index (χ0v) is 16.6. The summed E-state index contributed by atoms with van der Waals surface area (Å²) in [6.45, 7) is 5.77. The van der Waals surface area contributed by atoms with Gasteiger partial charge in [-0.15, -0.1) is 5.10 Å². The van der Waals surface area contributed by atoms with Gasteiger partial charge in [0.1, 0.15) is 12.1 Å². The Kier molecular flexibility index (Phi) is 5.41. The normalized spacial score (nSPS) is 14.3. The number of methoxy groups -OCH3 is 1. The molecule has 152 valence electrons. The molecule has 10 heteroatoms. The molecule has 2 aromatic heterocycles. The highest BCUT2D eigenvalue weighted by molar-refractivity contribution is 5.82. The van der Waals surface area contributed by atoms with E-state index in [0.29, 0.717) is 44.8 Å². The van der Waals surface area contributed by atoms with Crippen LogP contribution >= 0.6 is 0 Å². The Labute approximate surface area is 168 Å². The maximum absolute atomic E-state index is 12.5. The van der Waals surface area contributed by atoms with Crippen molar-refractivity contribution in [3.8, 4) is 5.75 Å². The fraction of sp³-hybridized carbons (Fsp3) is 0.421. The SMILES string of the molecule is CCn1nnc2c(N3CCN(C(=O)NCc4ccc(OC)cc4)CC3)ncnc21. The minimum Gasteiger partial charge on any atom is -0.497 e. The molecule has 1 saturated heterocycles. The van der Waals surface area contributed by atoms with Gasteiger partial charge < -0.3 is 19.9 Å². The first-order valence-corrected chi connectivity index (χ1v) is 9.64. The molecule has 1 aliphatic rings. The van der Waals surface area contributed by atoms with Crippen molar-refractivity contribution in [3.63, 3.8) is 0 Å². The van der Waals surface area contributed by atoms with E-state index in [1.807, 2.05) is 36.1 Å². The Morgan fingerprint density at radius 2 is 1.90 bits per heavy atom. The standard InChI is InChI=1S/C19H24N8O2/c1-3-27-18-16(23-24-27)17(21-13-22-18)25-8-10-26(11-9-25)19(28)20-12-14-4-6-15(29-2)7-5-14/h4-7,13H,3,8-12H2,1-2H3,(H,20,28). The lowest BCUT2D eigenvalue weighted by molar-refractivity contribution is 0.194. The summed E-state index contributed by atoms with van der Waals surface area (Å²) in [7, 11) is 1.63. The largest absolute Gasteiger partial charge is 0.497 e. The maximum atomic E-state index is 12.5. The summed E-state index contributed by atoms with van der Waals surface area (Å²) in [6.07, 6.45) is 1.54. The van der Waals surface area contributed by atoms with E-state index in [-0.39, 0.29) is 6.03 Å². The number of urea groups is 1. The predicted octanol–water partition coefficient (Wildman–Crippen LogP) is 1.28. The summed E-state index contributed by atoms with van der Waals surface area (Å²) in [4.78, 5) is 25.2. The number of carbonyl (C=O) groups is 1. The van der Waals surface area contributed by atoms with Crippen LogP contribution in [0.3, 0.4) is 0 Å².